The number of benzene rings is 3. The minimum atomic E-state index is -0.641. The van der Waals surface area contributed by atoms with Crippen LogP contribution < -0.4 is 10.2 Å². The molecule has 4 bridgehead atoms. The summed E-state index contributed by atoms with van der Waals surface area (Å²) in [5.74, 6) is 1.17. The lowest BCUT2D eigenvalue weighted by atomic mass is 9.75. The number of nitrogens with zero attached hydrogens (tertiary/aromatic N) is 3. The predicted molar refractivity (Wildman–Crippen MR) is 189 cm³/mol. The molecule has 1 aliphatic rings. The lowest BCUT2D eigenvalue weighted by molar-refractivity contribution is -0.132. The van der Waals surface area contributed by atoms with Crippen LogP contribution in [0.25, 0.3) is 22.3 Å². The molecule has 0 aliphatic carbocycles. The van der Waals surface area contributed by atoms with E-state index in [-0.39, 0.29) is 16.7 Å². The Morgan fingerprint density at radius 2 is 1.94 bits per heavy atom. The fourth-order valence-corrected chi connectivity index (χ4v) is 7.98. The summed E-state index contributed by atoms with van der Waals surface area (Å²) in [6.45, 7) is 8.44. The van der Waals surface area contributed by atoms with E-state index in [1.54, 1.807) is 36.4 Å². The number of aryl methyl sites for hydroxylation is 2. The lowest BCUT2D eigenvalue weighted by Crippen LogP contribution is -2.28. The maximum atomic E-state index is 15.6. The van der Waals surface area contributed by atoms with Gasteiger partial charge in [-0.3, -0.25) is 10.0 Å². The molecular formula is C38H43F2N5O3S. The van der Waals surface area contributed by atoms with Crippen molar-refractivity contribution in [3.8, 4) is 22.9 Å². The van der Waals surface area contributed by atoms with E-state index in [9.17, 15) is 4.79 Å². The van der Waals surface area contributed by atoms with Gasteiger partial charge in [-0.2, -0.15) is 16.9 Å². The molecule has 1 amide bonds. The van der Waals surface area contributed by atoms with Crippen LogP contribution in [0.5, 0.6) is 11.5 Å². The van der Waals surface area contributed by atoms with Crippen molar-refractivity contribution in [2.75, 3.05) is 11.5 Å². The van der Waals surface area contributed by atoms with Crippen LogP contribution in [0.15, 0.2) is 60.8 Å². The molecule has 6 rings (SSSR count). The van der Waals surface area contributed by atoms with E-state index < -0.39 is 28.9 Å². The van der Waals surface area contributed by atoms with E-state index >= 15 is 8.78 Å². The monoisotopic (exact) mass is 687 g/mol. The smallest absolute Gasteiger partial charge is 0.246 e. The van der Waals surface area contributed by atoms with Crippen molar-refractivity contribution >= 4 is 28.6 Å². The summed E-state index contributed by atoms with van der Waals surface area (Å²) in [5, 5.41) is 14.9. The van der Waals surface area contributed by atoms with Crippen LogP contribution in [-0.4, -0.2) is 42.4 Å². The molecular weight excluding hydrogens is 645 g/mol. The van der Waals surface area contributed by atoms with Gasteiger partial charge in [0, 0.05) is 41.7 Å². The number of aromatic amines is 1. The van der Waals surface area contributed by atoms with E-state index in [2.05, 4.69) is 31.8 Å². The number of ether oxygens (including phenoxy) is 1. The van der Waals surface area contributed by atoms with Crippen molar-refractivity contribution in [1.29, 1.82) is 0 Å². The number of rotatable bonds is 4. The van der Waals surface area contributed by atoms with Crippen LogP contribution in [0, 0.1) is 23.0 Å². The van der Waals surface area contributed by atoms with E-state index in [1.807, 2.05) is 36.0 Å². The highest BCUT2D eigenvalue weighted by molar-refractivity contribution is 7.99. The standard InChI is InChI=1S/C38H43F2N5O3S/c1-23(35(46)44-47)18-24-8-6-9-25(19-24)38(4)15-7-14-37(2,3)22-49-17-13-28-27-12-16-41-32(27)21-31(40)33(28)48-26-10-11-30(39)29(20-26)34-42-36(38)43-45(34)5/h6,8-12,16,19-21,23,41,47H,7,13-15,17-18,22H2,1-5H3,(H,44,46)/t23?,38-/m1/s1. The molecule has 0 fully saturated rings. The predicted octanol–water partition coefficient (Wildman–Crippen LogP) is 8.51. The Morgan fingerprint density at radius 1 is 1.12 bits per heavy atom. The largest absolute Gasteiger partial charge is 0.454 e. The van der Waals surface area contributed by atoms with Crippen LogP contribution in [-0.2, 0) is 30.1 Å². The first-order valence-electron chi connectivity index (χ1n) is 16.7. The Kier molecular flexibility index (Phi) is 9.86. The van der Waals surface area contributed by atoms with E-state index in [4.69, 9.17) is 20.0 Å². The number of fused-ring (bicyclic) bond motifs is 8. The molecule has 0 saturated heterocycles. The fourth-order valence-electron chi connectivity index (χ4n) is 6.79. The minimum absolute atomic E-state index is 0.0277. The second kappa shape index (κ2) is 14.0. The van der Waals surface area contributed by atoms with Gasteiger partial charge in [0.1, 0.15) is 11.6 Å². The highest BCUT2D eigenvalue weighted by Crippen LogP contribution is 2.41. The molecule has 3 N–H and O–H groups in total. The molecule has 3 aromatic carbocycles. The maximum Gasteiger partial charge on any atom is 0.246 e. The van der Waals surface area contributed by atoms with Crippen LogP contribution in [0.4, 0.5) is 8.78 Å². The number of hydrogen-bond acceptors (Lipinski definition) is 6. The molecule has 1 aliphatic heterocycles. The van der Waals surface area contributed by atoms with Crippen molar-refractivity contribution in [3.05, 3.63) is 94.9 Å². The van der Waals surface area contributed by atoms with Crippen LogP contribution in [0.3, 0.4) is 0 Å². The van der Waals surface area contributed by atoms with Crippen molar-refractivity contribution in [1.82, 2.24) is 25.2 Å². The maximum absolute atomic E-state index is 15.6. The third-order valence-electron chi connectivity index (χ3n) is 9.70. The SMILES string of the molecule is CC(Cc1cccc([C@@]2(C)CCCC(C)(C)CSCCc3c(c(F)cc4[nH]ccc34)Oc3ccc(F)c(c3)-c3nc2nn3C)c1)C(=O)NO. The van der Waals surface area contributed by atoms with Crippen molar-refractivity contribution in [3.63, 3.8) is 0 Å². The number of thioether (sulfide) groups is 1. The van der Waals surface area contributed by atoms with E-state index in [0.717, 1.165) is 52.8 Å². The van der Waals surface area contributed by atoms with Crippen molar-refractivity contribution in [2.45, 2.75) is 65.2 Å². The number of aromatic nitrogens is 4. The zero-order chi connectivity index (χ0) is 34.9. The van der Waals surface area contributed by atoms with E-state index in [1.165, 1.54) is 18.2 Å². The Bertz CT molecular complexity index is 1990. The molecule has 0 spiro atoms. The number of carbonyl (C=O) groups excluding carboxylic acids is 1. The van der Waals surface area contributed by atoms with Crippen molar-refractivity contribution < 1.29 is 23.5 Å². The summed E-state index contributed by atoms with van der Waals surface area (Å²) in [6.07, 6.45) is 5.43. The topological polar surface area (TPSA) is 105 Å². The molecule has 1 unspecified atom stereocenters. The molecule has 2 aromatic heterocycles. The molecule has 258 valence electrons. The number of H-pyrrole nitrogens is 1. The quantitative estimate of drug-likeness (QED) is 0.129. The fraction of sp³-hybridized carbons (Fsp3) is 0.395. The number of carbonyl (C=O) groups is 1. The molecule has 2 atom stereocenters. The highest BCUT2D eigenvalue weighted by atomic mass is 32.2. The highest BCUT2D eigenvalue weighted by Gasteiger charge is 2.35. The Morgan fingerprint density at radius 3 is 2.73 bits per heavy atom. The van der Waals surface area contributed by atoms with E-state index in [0.29, 0.717) is 35.8 Å². The third-order valence-corrected chi connectivity index (χ3v) is 11.2. The van der Waals surface area contributed by atoms with Gasteiger partial charge in [-0.25, -0.2) is 23.9 Å². The molecule has 49 heavy (non-hydrogen) atoms. The van der Waals surface area contributed by atoms with Gasteiger partial charge in [0.2, 0.25) is 5.91 Å². The van der Waals surface area contributed by atoms with Gasteiger partial charge in [-0.15, -0.1) is 0 Å². The number of halogens is 2. The van der Waals surface area contributed by atoms with Gasteiger partial charge in [-0.05, 0) is 84.9 Å². The Labute approximate surface area is 289 Å². The first-order valence-corrected chi connectivity index (χ1v) is 17.8. The summed E-state index contributed by atoms with van der Waals surface area (Å²) >= 11 is 1.85. The van der Waals surface area contributed by atoms with Gasteiger partial charge in [-0.1, -0.05) is 51.5 Å². The number of nitrogens with one attached hydrogen (secondary N) is 2. The molecule has 8 nitrogen and oxygen atoms in total. The second-order valence-electron chi connectivity index (χ2n) is 14.2. The molecule has 3 heterocycles. The van der Waals surface area contributed by atoms with Gasteiger partial charge in [0.15, 0.2) is 23.2 Å². The van der Waals surface area contributed by atoms with Crippen molar-refractivity contribution in [2.24, 2.45) is 18.4 Å². The zero-order valence-corrected chi connectivity index (χ0v) is 29.4. The Balaban J connectivity index is 1.45. The summed E-state index contributed by atoms with van der Waals surface area (Å²) in [7, 11) is 1.74. The molecule has 0 radical (unpaired) electrons. The van der Waals surface area contributed by atoms with Crippen LogP contribution >= 0.6 is 11.8 Å². The third kappa shape index (κ3) is 7.23. The van der Waals surface area contributed by atoms with Crippen LogP contribution in [0.2, 0.25) is 0 Å². The first-order chi connectivity index (χ1) is 23.4. The summed E-state index contributed by atoms with van der Waals surface area (Å²) in [5.41, 5.74) is 4.75. The lowest BCUT2D eigenvalue weighted by Gasteiger charge is -2.31. The number of hydrogen-bond donors (Lipinski definition) is 3. The van der Waals surface area contributed by atoms with Crippen LogP contribution in [0.1, 0.15) is 69.5 Å². The Hall–Kier alpha value is -4.22. The van der Waals surface area contributed by atoms with Gasteiger partial charge in [0.25, 0.3) is 0 Å². The summed E-state index contributed by atoms with van der Waals surface area (Å²) < 4.78 is 39.1. The van der Waals surface area contributed by atoms with Gasteiger partial charge < -0.3 is 9.72 Å². The van der Waals surface area contributed by atoms with Gasteiger partial charge >= 0.3 is 0 Å². The summed E-state index contributed by atoms with van der Waals surface area (Å²) in [6, 6.07) is 15.8. The number of hydroxylamine groups is 1. The average molecular weight is 688 g/mol. The average Bonchev–Trinajstić information content (AvgIpc) is 3.70. The molecule has 11 heteroatoms. The minimum Gasteiger partial charge on any atom is -0.454 e. The zero-order valence-electron chi connectivity index (χ0n) is 28.6. The van der Waals surface area contributed by atoms with Gasteiger partial charge in [0.05, 0.1) is 11.0 Å². The number of amides is 1. The summed E-state index contributed by atoms with van der Waals surface area (Å²) in [4.78, 5) is 20.2. The second-order valence-corrected chi connectivity index (χ2v) is 15.3. The molecule has 5 aromatic rings. The first kappa shape index (κ1) is 34.6. The molecule has 0 saturated carbocycles. The normalized spacial score (nSPS) is 18.9.